The first-order chi connectivity index (χ1) is 6.32. The highest BCUT2D eigenvalue weighted by atomic mass is 32.2. The third kappa shape index (κ3) is 2.43. The summed E-state index contributed by atoms with van der Waals surface area (Å²) in [6.45, 7) is 0.253. The molecule has 3 N–H and O–H groups in total. The Balaban J connectivity index is 2.63. The van der Waals surface area contributed by atoms with Gasteiger partial charge in [-0.3, -0.25) is 4.79 Å². The van der Waals surface area contributed by atoms with Gasteiger partial charge in [0.25, 0.3) is 0 Å². The van der Waals surface area contributed by atoms with Crippen LogP contribution < -0.4 is 10.5 Å². The van der Waals surface area contributed by atoms with Gasteiger partial charge >= 0.3 is 0 Å². The number of likely N-dealkylation sites (N-methyl/N-ethyl adjacent to an activating group) is 1. The standard InChI is InChI=1S/C7H15N3O3S/c1-10(2)7(11)6-3-5(4-9-6)14(8,12)13/h5-6,9H,3-4H2,1-2H3,(H2,8,12,13). The molecule has 1 fully saturated rings. The van der Waals surface area contributed by atoms with E-state index < -0.39 is 21.3 Å². The molecule has 0 aromatic carbocycles. The molecule has 1 rings (SSSR count). The van der Waals surface area contributed by atoms with E-state index in [2.05, 4.69) is 5.32 Å². The number of carbonyl (C=O) groups is 1. The SMILES string of the molecule is CN(C)C(=O)C1CC(S(N)(=O)=O)CN1. The Hall–Kier alpha value is -0.660. The zero-order valence-corrected chi connectivity index (χ0v) is 9.04. The van der Waals surface area contributed by atoms with Crippen molar-refractivity contribution in [2.45, 2.75) is 17.7 Å². The average molecular weight is 221 g/mol. The van der Waals surface area contributed by atoms with Crippen LogP contribution in [0.2, 0.25) is 0 Å². The summed E-state index contributed by atoms with van der Waals surface area (Å²) in [5, 5.41) is 7.19. The maximum absolute atomic E-state index is 11.4. The first kappa shape index (κ1) is 11.4. The smallest absolute Gasteiger partial charge is 0.239 e. The number of nitrogens with two attached hydrogens (primary N) is 1. The minimum absolute atomic E-state index is 0.115. The van der Waals surface area contributed by atoms with E-state index in [4.69, 9.17) is 5.14 Å². The van der Waals surface area contributed by atoms with Crippen LogP contribution in [0.4, 0.5) is 0 Å². The van der Waals surface area contributed by atoms with Crippen molar-refractivity contribution in [2.24, 2.45) is 5.14 Å². The Labute approximate surface area is 83.5 Å². The highest BCUT2D eigenvalue weighted by molar-refractivity contribution is 7.89. The fourth-order valence-corrected chi connectivity index (χ4v) is 2.24. The highest BCUT2D eigenvalue weighted by Crippen LogP contribution is 2.13. The summed E-state index contributed by atoms with van der Waals surface area (Å²) in [6.07, 6.45) is 0.260. The molecule has 2 unspecified atom stereocenters. The number of amides is 1. The molecule has 7 heteroatoms. The lowest BCUT2D eigenvalue weighted by Crippen LogP contribution is -2.39. The summed E-state index contributed by atoms with van der Waals surface area (Å²) in [7, 11) is -0.261. The number of sulfonamides is 1. The van der Waals surface area contributed by atoms with E-state index in [1.54, 1.807) is 14.1 Å². The van der Waals surface area contributed by atoms with Crippen LogP contribution in [0.1, 0.15) is 6.42 Å². The maximum atomic E-state index is 11.4. The predicted octanol–water partition coefficient (Wildman–Crippen LogP) is -1.91. The summed E-state index contributed by atoms with van der Waals surface area (Å²) >= 11 is 0. The van der Waals surface area contributed by atoms with Crippen molar-refractivity contribution in [1.82, 2.24) is 10.2 Å². The summed E-state index contributed by atoms with van der Waals surface area (Å²) in [6, 6.07) is -0.423. The van der Waals surface area contributed by atoms with Crippen molar-refractivity contribution < 1.29 is 13.2 Å². The van der Waals surface area contributed by atoms with E-state index in [1.165, 1.54) is 4.90 Å². The largest absolute Gasteiger partial charge is 0.347 e. The van der Waals surface area contributed by atoms with Crippen molar-refractivity contribution in [3.8, 4) is 0 Å². The normalized spacial score (nSPS) is 27.6. The van der Waals surface area contributed by atoms with Crippen LogP contribution in [-0.4, -0.2) is 51.2 Å². The van der Waals surface area contributed by atoms with Gasteiger partial charge in [-0.15, -0.1) is 0 Å². The number of primary sulfonamides is 1. The van der Waals surface area contributed by atoms with Crippen LogP contribution >= 0.6 is 0 Å². The second-order valence-electron chi connectivity index (χ2n) is 3.64. The van der Waals surface area contributed by atoms with E-state index in [9.17, 15) is 13.2 Å². The van der Waals surface area contributed by atoms with E-state index in [1.807, 2.05) is 0 Å². The van der Waals surface area contributed by atoms with Gasteiger partial charge in [0.2, 0.25) is 15.9 Å². The fourth-order valence-electron chi connectivity index (χ4n) is 1.45. The molecule has 1 saturated heterocycles. The van der Waals surface area contributed by atoms with Crippen LogP contribution in [0.3, 0.4) is 0 Å². The molecular formula is C7H15N3O3S. The molecule has 1 amide bonds. The van der Waals surface area contributed by atoms with Crippen LogP contribution in [0.5, 0.6) is 0 Å². The van der Waals surface area contributed by atoms with Gasteiger partial charge in [0.1, 0.15) is 0 Å². The van der Waals surface area contributed by atoms with Crippen LogP contribution in [0.15, 0.2) is 0 Å². The second kappa shape index (κ2) is 3.84. The van der Waals surface area contributed by atoms with Gasteiger partial charge in [0.05, 0.1) is 11.3 Å². The van der Waals surface area contributed by atoms with E-state index in [0.717, 1.165) is 0 Å². The molecule has 0 spiro atoms. The van der Waals surface area contributed by atoms with Gasteiger partial charge in [0, 0.05) is 20.6 Å². The Morgan fingerprint density at radius 3 is 2.43 bits per heavy atom. The van der Waals surface area contributed by atoms with Gasteiger partial charge in [0.15, 0.2) is 0 Å². The van der Waals surface area contributed by atoms with Crippen molar-refractivity contribution in [2.75, 3.05) is 20.6 Å². The summed E-state index contributed by atoms with van der Waals surface area (Å²) in [5.41, 5.74) is 0. The van der Waals surface area contributed by atoms with Gasteiger partial charge in [-0.2, -0.15) is 0 Å². The molecule has 0 aliphatic carbocycles. The average Bonchev–Trinajstić information content (AvgIpc) is 2.49. The number of nitrogens with one attached hydrogen (secondary N) is 1. The van der Waals surface area contributed by atoms with Gasteiger partial charge in [-0.05, 0) is 6.42 Å². The van der Waals surface area contributed by atoms with Crippen LogP contribution in [0.25, 0.3) is 0 Å². The molecule has 14 heavy (non-hydrogen) atoms. The Morgan fingerprint density at radius 1 is 1.50 bits per heavy atom. The van der Waals surface area contributed by atoms with E-state index in [-0.39, 0.29) is 18.9 Å². The van der Waals surface area contributed by atoms with Crippen molar-refractivity contribution >= 4 is 15.9 Å². The minimum atomic E-state index is -3.53. The van der Waals surface area contributed by atoms with Crippen molar-refractivity contribution in [3.63, 3.8) is 0 Å². The molecule has 1 heterocycles. The zero-order valence-electron chi connectivity index (χ0n) is 8.23. The third-order valence-electron chi connectivity index (χ3n) is 2.29. The Bertz CT molecular complexity index is 325. The summed E-state index contributed by atoms with van der Waals surface area (Å²) < 4.78 is 22.0. The van der Waals surface area contributed by atoms with Crippen LogP contribution in [0, 0.1) is 0 Å². The second-order valence-corrected chi connectivity index (χ2v) is 5.48. The first-order valence-corrected chi connectivity index (χ1v) is 5.89. The van der Waals surface area contributed by atoms with Crippen molar-refractivity contribution in [3.05, 3.63) is 0 Å². The van der Waals surface area contributed by atoms with Crippen LogP contribution in [-0.2, 0) is 14.8 Å². The predicted molar refractivity (Wildman–Crippen MR) is 52.0 cm³/mol. The van der Waals surface area contributed by atoms with E-state index >= 15 is 0 Å². The molecule has 1 aliphatic rings. The number of carbonyl (C=O) groups excluding carboxylic acids is 1. The van der Waals surface area contributed by atoms with Gasteiger partial charge in [-0.1, -0.05) is 0 Å². The quantitative estimate of drug-likeness (QED) is 0.569. The third-order valence-corrected chi connectivity index (χ3v) is 3.58. The Kier molecular flexibility index (Phi) is 3.13. The molecule has 0 aromatic rings. The Morgan fingerprint density at radius 2 is 2.07 bits per heavy atom. The molecule has 6 nitrogen and oxygen atoms in total. The molecule has 82 valence electrons. The van der Waals surface area contributed by atoms with Gasteiger partial charge in [-0.25, -0.2) is 13.6 Å². The fraction of sp³-hybridized carbons (Fsp3) is 0.857. The molecule has 0 bridgehead atoms. The molecule has 0 aromatic heterocycles. The van der Waals surface area contributed by atoms with Crippen molar-refractivity contribution in [1.29, 1.82) is 0 Å². The molecule has 2 atom stereocenters. The lowest BCUT2D eigenvalue weighted by Gasteiger charge is -2.15. The lowest BCUT2D eigenvalue weighted by molar-refractivity contribution is -0.130. The molecular weight excluding hydrogens is 206 g/mol. The number of rotatable bonds is 2. The number of nitrogens with zero attached hydrogens (tertiary/aromatic N) is 1. The number of hydrogen-bond donors (Lipinski definition) is 2. The maximum Gasteiger partial charge on any atom is 0.239 e. The minimum Gasteiger partial charge on any atom is -0.347 e. The zero-order chi connectivity index (χ0) is 10.9. The summed E-state index contributed by atoms with van der Waals surface area (Å²) in [5.74, 6) is -0.115. The van der Waals surface area contributed by atoms with Gasteiger partial charge < -0.3 is 10.2 Å². The topological polar surface area (TPSA) is 92.5 Å². The van der Waals surface area contributed by atoms with E-state index in [0.29, 0.717) is 0 Å². The highest BCUT2D eigenvalue weighted by Gasteiger charge is 2.35. The molecule has 1 aliphatic heterocycles. The first-order valence-electron chi connectivity index (χ1n) is 4.28. The summed E-state index contributed by atoms with van der Waals surface area (Å²) in [4.78, 5) is 12.9. The number of hydrogen-bond acceptors (Lipinski definition) is 4. The monoisotopic (exact) mass is 221 g/mol. The molecule has 0 saturated carbocycles. The molecule has 0 radical (unpaired) electrons. The lowest BCUT2D eigenvalue weighted by atomic mass is 10.2.